The van der Waals surface area contributed by atoms with E-state index >= 15 is 0 Å². The number of amides is 1. The van der Waals surface area contributed by atoms with Crippen LogP contribution < -0.4 is 15.4 Å². The van der Waals surface area contributed by atoms with Crippen molar-refractivity contribution in [3.63, 3.8) is 0 Å². The summed E-state index contributed by atoms with van der Waals surface area (Å²) >= 11 is 7.42. The molecular formula is C13H11ClN2O2S. The van der Waals surface area contributed by atoms with E-state index < -0.39 is 0 Å². The van der Waals surface area contributed by atoms with Crippen LogP contribution in [0, 0.1) is 0 Å². The topological polar surface area (TPSA) is 50.4 Å². The predicted molar refractivity (Wildman–Crippen MR) is 77.2 cm³/mol. The fourth-order valence-corrected chi connectivity index (χ4v) is 2.86. The van der Waals surface area contributed by atoms with Gasteiger partial charge in [0.1, 0.15) is 5.75 Å². The molecule has 3 rings (SSSR count). The summed E-state index contributed by atoms with van der Waals surface area (Å²) < 4.78 is 6.08. The zero-order chi connectivity index (χ0) is 13.2. The Kier molecular flexibility index (Phi) is 3.31. The van der Waals surface area contributed by atoms with Crippen molar-refractivity contribution in [1.29, 1.82) is 0 Å². The smallest absolute Gasteiger partial charge is 0.262 e. The summed E-state index contributed by atoms with van der Waals surface area (Å²) in [5, 5.41) is 6.06. The quantitative estimate of drug-likeness (QED) is 0.913. The van der Waals surface area contributed by atoms with Gasteiger partial charge in [0.2, 0.25) is 0 Å². The highest BCUT2D eigenvalue weighted by atomic mass is 35.5. The van der Waals surface area contributed by atoms with E-state index in [1.54, 1.807) is 11.3 Å². The van der Waals surface area contributed by atoms with Gasteiger partial charge in [-0.05, 0) is 30.3 Å². The first-order valence-corrected chi connectivity index (χ1v) is 6.95. The lowest BCUT2D eigenvalue weighted by Crippen LogP contribution is -2.25. The summed E-state index contributed by atoms with van der Waals surface area (Å²) in [6.45, 7) is 0.776. The lowest BCUT2D eigenvalue weighted by atomic mass is 10.2. The lowest BCUT2D eigenvalue weighted by molar-refractivity contribution is -0.118. The Balaban J connectivity index is 1.71. The van der Waals surface area contributed by atoms with Crippen molar-refractivity contribution in [2.75, 3.05) is 17.2 Å². The van der Waals surface area contributed by atoms with Gasteiger partial charge >= 0.3 is 0 Å². The SMILES string of the molecule is O=C1COc2ccc(NCc3ccc(Cl)s3)cc2N1. The summed E-state index contributed by atoms with van der Waals surface area (Å²) in [5.41, 5.74) is 1.62. The second kappa shape index (κ2) is 5.11. The van der Waals surface area contributed by atoms with Crippen molar-refractivity contribution in [2.45, 2.75) is 6.54 Å². The van der Waals surface area contributed by atoms with Gasteiger partial charge in [-0.2, -0.15) is 0 Å². The third-order valence-corrected chi connectivity index (χ3v) is 3.94. The number of fused-ring (bicyclic) bond motifs is 1. The molecule has 1 amide bonds. The molecule has 1 aliphatic rings. The zero-order valence-corrected chi connectivity index (χ0v) is 11.5. The van der Waals surface area contributed by atoms with Gasteiger partial charge < -0.3 is 15.4 Å². The molecule has 2 aromatic rings. The Bertz CT molecular complexity index is 627. The number of thiophene rings is 1. The van der Waals surface area contributed by atoms with Crippen molar-refractivity contribution >= 4 is 40.2 Å². The molecule has 0 radical (unpaired) electrons. The van der Waals surface area contributed by atoms with Crippen LogP contribution in [0.5, 0.6) is 5.75 Å². The molecule has 98 valence electrons. The second-order valence-electron chi connectivity index (χ2n) is 4.11. The minimum absolute atomic E-state index is 0.0769. The van der Waals surface area contributed by atoms with E-state index in [1.807, 2.05) is 30.3 Å². The van der Waals surface area contributed by atoms with Crippen LogP contribution in [0.25, 0.3) is 0 Å². The maximum Gasteiger partial charge on any atom is 0.262 e. The van der Waals surface area contributed by atoms with E-state index in [4.69, 9.17) is 16.3 Å². The minimum atomic E-state index is -0.130. The van der Waals surface area contributed by atoms with Crippen molar-refractivity contribution in [2.24, 2.45) is 0 Å². The van der Waals surface area contributed by atoms with Crippen molar-refractivity contribution in [1.82, 2.24) is 0 Å². The molecule has 6 heteroatoms. The first-order chi connectivity index (χ1) is 9.20. The fourth-order valence-electron chi connectivity index (χ4n) is 1.83. The number of carbonyl (C=O) groups is 1. The molecule has 2 heterocycles. The standard InChI is InChI=1S/C13H11ClN2O2S/c14-12-4-2-9(19-12)6-15-8-1-3-11-10(5-8)16-13(17)7-18-11/h1-5,15H,6-7H2,(H,16,17). The molecule has 0 saturated carbocycles. The molecule has 4 nitrogen and oxygen atoms in total. The van der Waals surface area contributed by atoms with Gasteiger partial charge in [-0.3, -0.25) is 4.79 Å². The van der Waals surface area contributed by atoms with Crippen LogP contribution in [0.1, 0.15) is 4.88 Å². The van der Waals surface area contributed by atoms with Crippen LogP contribution in [-0.2, 0) is 11.3 Å². The Morgan fingerprint density at radius 2 is 2.26 bits per heavy atom. The van der Waals surface area contributed by atoms with E-state index in [-0.39, 0.29) is 12.5 Å². The molecule has 0 spiro atoms. The van der Waals surface area contributed by atoms with E-state index in [0.717, 1.165) is 14.9 Å². The molecular weight excluding hydrogens is 284 g/mol. The normalized spacial score (nSPS) is 13.4. The van der Waals surface area contributed by atoms with Crippen LogP contribution in [0.15, 0.2) is 30.3 Å². The van der Waals surface area contributed by atoms with Gasteiger partial charge in [0.25, 0.3) is 5.91 Å². The molecule has 0 aliphatic carbocycles. The maximum absolute atomic E-state index is 11.2. The zero-order valence-electron chi connectivity index (χ0n) is 9.90. The van der Waals surface area contributed by atoms with Gasteiger partial charge in [0.15, 0.2) is 6.61 Å². The van der Waals surface area contributed by atoms with Crippen molar-refractivity contribution in [3.05, 3.63) is 39.5 Å². The van der Waals surface area contributed by atoms with Crippen molar-refractivity contribution < 1.29 is 9.53 Å². The summed E-state index contributed by atoms with van der Waals surface area (Å²) in [7, 11) is 0. The molecule has 0 unspecified atom stereocenters. The van der Waals surface area contributed by atoms with Gasteiger partial charge in [-0.25, -0.2) is 0 Å². The van der Waals surface area contributed by atoms with Gasteiger partial charge in [-0.1, -0.05) is 11.6 Å². The van der Waals surface area contributed by atoms with Crippen molar-refractivity contribution in [3.8, 4) is 5.75 Å². The molecule has 1 aromatic heterocycles. The first-order valence-electron chi connectivity index (χ1n) is 5.75. The second-order valence-corrected chi connectivity index (χ2v) is 5.91. The number of nitrogens with one attached hydrogen (secondary N) is 2. The number of ether oxygens (including phenoxy) is 1. The van der Waals surface area contributed by atoms with Crippen LogP contribution in [-0.4, -0.2) is 12.5 Å². The fraction of sp³-hybridized carbons (Fsp3) is 0.154. The lowest BCUT2D eigenvalue weighted by Gasteiger charge is -2.18. The van der Waals surface area contributed by atoms with Gasteiger partial charge in [0.05, 0.1) is 10.0 Å². The van der Waals surface area contributed by atoms with E-state index in [2.05, 4.69) is 10.6 Å². The highest BCUT2D eigenvalue weighted by Gasteiger charge is 2.15. The average molecular weight is 295 g/mol. The third-order valence-electron chi connectivity index (χ3n) is 2.71. The first kappa shape index (κ1) is 12.3. The number of rotatable bonds is 3. The van der Waals surface area contributed by atoms with E-state index in [1.165, 1.54) is 0 Å². The average Bonchev–Trinajstić information content (AvgIpc) is 2.81. The van der Waals surface area contributed by atoms with Crippen LogP contribution in [0.3, 0.4) is 0 Å². The number of halogens is 1. The number of anilines is 2. The highest BCUT2D eigenvalue weighted by Crippen LogP contribution is 2.31. The molecule has 0 atom stereocenters. The maximum atomic E-state index is 11.2. The van der Waals surface area contributed by atoms with Gasteiger partial charge in [-0.15, -0.1) is 11.3 Å². The number of hydrogen-bond acceptors (Lipinski definition) is 4. The monoisotopic (exact) mass is 294 g/mol. The molecule has 0 fully saturated rings. The van der Waals surface area contributed by atoms with E-state index in [0.29, 0.717) is 18.0 Å². The van der Waals surface area contributed by atoms with Crippen LogP contribution in [0.2, 0.25) is 4.34 Å². The molecule has 0 bridgehead atoms. The Morgan fingerprint density at radius 1 is 1.37 bits per heavy atom. The predicted octanol–water partition coefficient (Wildman–Crippen LogP) is 3.34. The number of hydrogen-bond donors (Lipinski definition) is 2. The summed E-state index contributed by atoms with van der Waals surface area (Å²) in [4.78, 5) is 12.4. The molecule has 1 aliphatic heterocycles. The molecule has 1 aromatic carbocycles. The third kappa shape index (κ3) is 2.83. The highest BCUT2D eigenvalue weighted by molar-refractivity contribution is 7.16. The largest absolute Gasteiger partial charge is 0.482 e. The summed E-state index contributed by atoms with van der Waals surface area (Å²) in [5.74, 6) is 0.569. The molecule has 19 heavy (non-hydrogen) atoms. The van der Waals surface area contributed by atoms with Crippen LogP contribution in [0.4, 0.5) is 11.4 Å². The Hall–Kier alpha value is -1.72. The Morgan fingerprint density at radius 3 is 3.05 bits per heavy atom. The summed E-state index contributed by atoms with van der Waals surface area (Å²) in [6, 6.07) is 9.50. The number of benzene rings is 1. The summed E-state index contributed by atoms with van der Waals surface area (Å²) in [6.07, 6.45) is 0. The molecule has 2 N–H and O–H groups in total. The van der Waals surface area contributed by atoms with Crippen LogP contribution >= 0.6 is 22.9 Å². The number of carbonyl (C=O) groups excluding carboxylic acids is 1. The van der Waals surface area contributed by atoms with Gasteiger partial charge in [0, 0.05) is 17.1 Å². The Labute approximate surface area is 119 Å². The van der Waals surface area contributed by atoms with E-state index in [9.17, 15) is 4.79 Å². The minimum Gasteiger partial charge on any atom is -0.482 e. The molecule has 0 saturated heterocycles.